The van der Waals surface area contributed by atoms with Gasteiger partial charge in [-0.3, -0.25) is 10.1 Å². The van der Waals surface area contributed by atoms with Crippen molar-refractivity contribution in [3.05, 3.63) is 0 Å². The third-order valence-corrected chi connectivity index (χ3v) is 1.19. The lowest BCUT2D eigenvalue weighted by Crippen LogP contribution is -2.31. The highest BCUT2D eigenvalue weighted by atomic mass is 16.4. The molecule has 0 heterocycles. The van der Waals surface area contributed by atoms with Crippen LogP contribution in [0.3, 0.4) is 0 Å². The van der Waals surface area contributed by atoms with Crippen LogP contribution in [-0.2, 0) is 9.59 Å². The van der Waals surface area contributed by atoms with Crippen LogP contribution >= 0.6 is 0 Å². The van der Waals surface area contributed by atoms with Crippen molar-refractivity contribution >= 4 is 12.3 Å². The Hall–Kier alpha value is -0.940. The van der Waals surface area contributed by atoms with Gasteiger partial charge in [0.2, 0.25) is 0 Å². The molecule has 0 aromatic carbocycles. The summed E-state index contributed by atoms with van der Waals surface area (Å²) < 4.78 is 0. The van der Waals surface area contributed by atoms with Gasteiger partial charge in [-0.05, 0) is 6.42 Å². The lowest BCUT2D eigenvalue weighted by Gasteiger charge is -2.07. The summed E-state index contributed by atoms with van der Waals surface area (Å²) in [4.78, 5) is 20.2. The number of carboxylic acid groups (broad SMARTS) is 1. The molecule has 11 heavy (non-hydrogen) atoms. The largest absolute Gasteiger partial charge is 0.481 e. The summed E-state index contributed by atoms with van der Waals surface area (Å²) in [6.07, 6.45) is 0.717. The molecule has 0 radical (unpaired) electrons. The van der Waals surface area contributed by atoms with Crippen LogP contribution in [0, 0.1) is 0 Å². The van der Waals surface area contributed by atoms with Crippen molar-refractivity contribution in [3.8, 4) is 0 Å². The van der Waals surface area contributed by atoms with E-state index in [4.69, 9.17) is 10.2 Å². The van der Waals surface area contributed by atoms with Crippen molar-refractivity contribution in [2.45, 2.75) is 18.9 Å². The van der Waals surface area contributed by atoms with Gasteiger partial charge in [0.15, 0.2) is 0 Å². The second-order valence-electron chi connectivity index (χ2n) is 2.04. The number of carbonyl (C=O) groups excluding carboxylic acids is 1. The molecule has 0 aliphatic heterocycles. The van der Waals surface area contributed by atoms with Gasteiger partial charge < -0.3 is 15.0 Å². The molecule has 0 spiro atoms. The van der Waals surface area contributed by atoms with E-state index in [2.05, 4.69) is 5.32 Å². The number of hydrogen-bond donors (Lipinski definition) is 3. The van der Waals surface area contributed by atoms with Crippen molar-refractivity contribution in [1.29, 1.82) is 0 Å². The van der Waals surface area contributed by atoms with Crippen molar-refractivity contribution in [2.24, 2.45) is 0 Å². The molecule has 0 rings (SSSR count). The third-order valence-electron chi connectivity index (χ3n) is 1.19. The molecule has 0 aromatic rings. The van der Waals surface area contributed by atoms with E-state index in [0.29, 0.717) is 6.29 Å². The number of aliphatic hydroxyl groups is 1. The van der Waals surface area contributed by atoms with Crippen LogP contribution in [0.1, 0.15) is 12.8 Å². The van der Waals surface area contributed by atoms with Crippen molar-refractivity contribution in [2.75, 3.05) is 6.73 Å². The van der Waals surface area contributed by atoms with Gasteiger partial charge in [0.25, 0.3) is 0 Å². The first-order valence-corrected chi connectivity index (χ1v) is 3.22. The number of aliphatic carboxylic acids is 1. The maximum Gasteiger partial charge on any atom is 0.303 e. The fraction of sp³-hybridized carbons (Fsp3) is 0.667. The SMILES string of the molecule is O=C[C@H](CCC(=O)O)NCO. The van der Waals surface area contributed by atoms with Gasteiger partial charge in [-0.2, -0.15) is 0 Å². The van der Waals surface area contributed by atoms with E-state index in [0.717, 1.165) is 0 Å². The van der Waals surface area contributed by atoms with Crippen LogP contribution in [0.25, 0.3) is 0 Å². The number of nitrogens with one attached hydrogen (secondary N) is 1. The van der Waals surface area contributed by atoms with Gasteiger partial charge in [0.1, 0.15) is 6.29 Å². The average Bonchev–Trinajstić information content (AvgIpc) is 1.97. The molecule has 0 fully saturated rings. The Morgan fingerprint density at radius 2 is 2.27 bits per heavy atom. The molecule has 0 saturated heterocycles. The molecule has 5 heteroatoms. The monoisotopic (exact) mass is 161 g/mol. The summed E-state index contributed by atoms with van der Waals surface area (Å²) in [6.45, 7) is -0.316. The number of hydrogen-bond acceptors (Lipinski definition) is 4. The van der Waals surface area contributed by atoms with Gasteiger partial charge in [-0.25, -0.2) is 0 Å². The van der Waals surface area contributed by atoms with Crippen molar-refractivity contribution in [1.82, 2.24) is 5.32 Å². The molecule has 5 nitrogen and oxygen atoms in total. The quantitative estimate of drug-likeness (QED) is 0.342. The first-order valence-electron chi connectivity index (χ1n) is 3.22. The van der Waals surface area contributed by atoms with E-state index in [9.17, 15) is 9.59 Å². The van der Waals surface area contributed by atoms with Crippen LogP contribution in [-0.4, -0.2) is 35.2 Å². The molecule has 0 saturated carbocycles. The van der Waals surface area contributed by atoms with Crippen LogP contribution in [0.4, 0.5) is 0 Å². The van der Waals surface area contributed by atoms with Crippen molar-refractivity contribution < 1.29 is 19.8 Å². The zero-order valence-corrected chi connectivity index (χ0v) is 5.99. The average molecular weight is 161 g/mol. The van der Waals surface area contributed by atoms with Crippen LogP contribution in [0.5, 0.6) is 0 Å². The van der Waals surface area contributed by atoms with Crippen LogP contribution in [0.15, 0.2) is 0 Å². The molecular weight excluding hydrogens is 150 g/mol. The highest BCUT2D eigenvalue weighted by Crippen LogP contribution is 1.93. The van der Waals surface area contributed by atoms with E-state index in [1.807, 2.05) is 0 Å². The summed E-state index contributed by atoms with van der Waals surface area (Å²) in [5, 5.41) is 18.9. The van der Waals surface area contributed by atoms with E-state index < -0.39 is 12.0 Å². The first kappa shape index (κ1) is 10.1. The summed E-state index contributed by atoms with van der Waals surface area (Å²) in [7, 11) is 0. The minimum atomic E-state index is -0.948. The maximum atomic E-state index is 10.1. The Labute approximate surface area is 64.0 Å². The first-order chi connectivity index (χ1) is 5.20. The summed E-state index contributed by atoms with van der Waals surface area (Å²) in [5.41, 5.74) is 0. The topological polar surface area (TPSA) is 86.6 Å². The highest BCUT2D eigenvalue weighted by Gasteiger charge is 2.07. The highest BCUT2D eigenvalue weighted by molar-refractivity contribution is 5.68. The maximum absolute atomic E-state index is 10.1. The second kappa shape index (κ2) is 5.82. The Balaban J connectivity index is 3.51. The zero-order chi connectivity index (χ0) is 8.69. The normalized spacial score (nSPS) is 12.5. The molecule has 1 atom stereocenters. The fourth-order valence-corrected chi connectivity index (χ4v) is 0.614. The van der Waals surface area contributed by atoms with Gasteiger partial charge in [-0.15, -0.1) is 0 Å². The molecule has 3 N–H and O–H groups in total. The van der Waals surface area contributed by atoms with Gasteiger partial charge in [0.05, 0.1) is 12.8 Å². The second-order valence-corrected chi connectivity index (χ2v) is 2.04. The standard InChI is InChI=1S/C6H11NO4/c8-3-5(7-4-9)1-2-6(10)11/h3,5,7,9H,1-2,4H2,(H,10,11)/t5-/m0/s1. The summed E-state index contributed by atoms with van der Waals surface area (Å²) in [6, 6.07) is -0.559. The molecular formula is C6H11NO4. The van der Waals surface area contributed by atoms with Gasteiger partial charge in [-0.1, -0.05) is 0 Å². The number of carbonyl (C=O) groups is 2. The van der Waals surface area contributed by atoms with E-state index in [1.165, 1.54) is 0 Å². The molecule has 0 amide bonds. The van der Waals surface area contributed by atoms with Crippen LogP contribution < -0.4 is 5.32 Å². The molecule has 0 aromatic heterocycles. The van der Waals surface area contributed by atoms with E-state index >= 15 is 0 Å². The molecule has 0 aliphatic rings. The molecule has 64 valence electrons. The van der Waals surface area contributed by atoms with Crippen LogP contribution in [0.2, 0.25) is 0 Å². The Bertz CT molecular complexity index is 137. The minimum absolute atomic E-state index is 0.0730. The predicted octanol–water partition coefficient (Wildman–Crippen LogP) is -1.04. The van der Waals surface area contributed by atoms with E-state index in [1.54, 1.807) is 0 Å². The third kappa shape index (κ3) is 5.50. The Morgan fingerprint density at radius 1 is 1.64 bits per heavy atom. The van der Waals surface area contributed by atoms with Gasteiger partial charge in [0, 0.05) is 6.42 Å². The predicted molar refractivity (Wildman–Crippen MR) is 36.9 cm³/mol. The lowest BCUT2D eigenvalue weighted by atomic mass is 10.2. The van der Waals surface area contributed by atoms with Gasteiger partial charge >= 0.3 is 5.97 Å². The zero-order valence-electron chi connectivity index (χ0n) is 5.99. The fourth-order valence-electron chi connectivity index (χ4n) is 0.614. The number of aldehydes is 1. The lowest BCUT2D eigenvalue weighted by molar-refractivity contribution is -0.137. The molecule has 0 aliphatic carbocycles. The molecule has 0 bridgehead atoms. The molecule has 0 unspecified atom stereocenters. The Morgan fingerprint density at radius 3 is 2.64 bits per heavy atom. The minimum Gasteiger partial charge on any atom is -0.481 e. The number of rotatable bonds is 6. The summed E-state index contributed by atoms with van der Waals surface area (Å²) >= 11 is 0. The smallest absolute Gasteiger partial charge is 0.303 e. The number of aliphatic hydroxyl groups excluding tert-OH is 1. The Kier molecular flexibility index (Phi) is 5.32. The van der Waals surface area contributed by atoms with E-state index in [-0.39, 0.29) is 19.6 Å². The summed E-state index contributed by atoms with van der Waals surface area (Å²) in [5.74, 6) is -0.948. The van der Waals surface area contributed by atoms with Crippen molar-refractivity contribution in [3.63, 3.8) is 0 Å². The number of carboxylic acids is 1.